The zero-order valence-corrected chi connectivity index (χ0v) is 12.5. The van der Waals surface area contributed by atoms with Gasteiger partial charge in [-0.25, -0.2) is 14.3 Å². The van der Waals surface area contributed by atoms with Crippen LogP contribution in [0.15, 0.2) is 18.9 Å². The first-order chi connectivity index (χ1) is 9.75. The van der Waals surface area contributed by atoms with Crippen LogP contribution in [0.1, 0.15) is 31.3 Å². The van der Waals surface area contributed by atoms with Gasteiger partial charge in [-0.15, -0.1) is 11.7 Å². The fourth-order valence-electron chi connectivity index (χ4n) is 1.67. The summed E-state index contributed by atoms with van der Waals surface area (Å²) in [5, 5.41) is 18.7. The van der Waals surface area contributed by atoms with Crippen molar-refractivity contribution in [3.63, 3.8) is 0 Å². The van der Waals surface area contributed by atoms with Gasteiger partial charge in [0, 0.05) is 18.6 Å². The van der Waals surface area contributed by atoms with Crippen molar-refractivity contribution in [3.05, 3.63) is 24.5 Å². The van der Waals surface area contributed by atoms with Crippen molar-refractivity contribution in [2.24, 2.45) is 0 Å². The van der Waals surface area contributed by atoms with E-state index in [2.05, 4.69) is 22.2 Å². The van der Waals surface area contributed by atoms with Gasteiger partial charge in [0.2, 0.25) is 0 Å². The van der Waals surface area contributed by atoms with Crippen LogP contribution in [0, 0.1) is 0 Å². The number of nitrogens with one attached hydrogen (secondary N) is 1. The van der Waals surface area contributed by atoms with Crippen LogP contribution < -0.4 is 5.32 Å². The third-order valence-electron chi connectivity index (χ3n) is 2.74. The fourth-order valence-corrected chi connectivity index (χ4v) is 1.67. The smallest absolute Gasteiger partial charge is 0.358 e. The lowest BCUT2D eigenvalue weighted by atomic mass is 10.1. The number of urea groups is 1. The van der Waals surface area contributed by atoms with Crippen LogP contribution in [-0.2, 0) is 6.54 Å². The van der Waals surface area contributed by atoms with Crippen LogP contribution in [0.3, 0.4) is 0 Å². The van der Waals surface area contributed by atoms with Crippen LogP contribution in [0.25, 0.3) is 0 Å². The Morgan fingerprint density at radius 1 is 1.52 bits per heavy atom. The molecule has 0 aromatic carbocycles. The number of amides is 2. The molecule has 21 heavy (non-hydrogen) atoms. The summed E-state index contributed by atoms with van der Waals surface area (Å²) in [4.78, 5) is 24.4. The van der Waals surface area contributed by atoms with E-state index in [1.165, 1.54) is 10.9 Å². The Hall–Kier alpha value is -2.38. The van der Waals surface area contributed by atoms with Gasteiger partial charge < -0.3 is 15.3 Å². The standard InChI is InChI=1S/C13H21N5O3/c1-5-7-18(13(2,3)4)12(21)14-6-8-17-9-10(11(19)20)15-16-17/h5,9H,1,6-8H2,2-4H3,(H,14,21)(H,19,20). The number of aromatic carboxylic acids is 1. The number of nitrogens with zero attached hydrogens (tertiary/aromatic N) is 4. The van der Waals surface area contributed by atoms with Gasteiger partial charge in [-0.05, 0) is 20.8 Å². The Bertz CT molecular complexity index is 518. The van der Waals surface area contributed by atoms with Crippen molar-refractivity contribution >= 4 is 12.0 Å². The molecule has 0 saturated carbocycles. The van der Waals surface area contributed by atoms with Crippen LogP contribution in [0.2, 0.25) is 0 Å². The predicted octanol–water partition coefficient (Wildman–Crippen LogP) is 0.972. The number of aromatic nitrogens is 3. The highest BCUT2D eigenvalue weighted by Gasteiger charge is 2.24. The van der Waals surface area contributed by atoms with E-state index in [0.717, 1.165) is 0 Å². The Morgan fingerprint density at radius 3 is 2.67 bits per heavy atom. The van der Waals surface area contributed by atoms with E-state index in [4.69, 9.17) is 5.11 Å². The molecule has 0 saturated heterocycles. The van der Waals surface area contributed by atoms with Gasteiger partial charge in [0.05, 0.1) is 12.7 Å². The summed E-state index contributed by atoms with van der Waals surface area (Å²) in [7, 11) is 0. The average Bonchev–Trinajstić information content (AvgIpc) is 2.83. The maximum absolute atomic E-state index is 12.1. The molecule has 1 aromatic rings. The molecule has 0 radical (unpaired) electrons. The molecule has 0 bridgehead atoms. The van der Waals surface area contributed by atoms with E-state index in [1.807, 2.05) is 20.8 Å². The number of rotatable bonds is 6. The Kier molecular flexibility index (Phi) is 5.45. The molecule has 2 N–H and O–H groups in total. The topological polar surface area (TPSA) is 100 Å². The van der Waals surface area contributed by atoms with E-state index in [-0.39, 0.29) is 17.3 Å². The second kappa shape index (κ2) is 6.87. The quantitative estimate of drug-likeness (QED) is 0.762. The fraction of sp³-hybridized carbons (Fsp3) is 0.538. The predicted molar refractivity (Wildman–Crippen MR) is 77.0 cm³/mol. The van der Waals surface area contributed by atoms with E-state index in [1.54, 1.807) is 11.0 Å². The summed E-state index contributed by atoms with van der Waals surface area (Å²) in [5.74, 6) is -1.13. The highest BCUT2D eigenvalue weighted by atomic mass is 16.4. The molecule has 0 aliphatic carbocycles. The first-order valence-corrected chi connectivity index (χ1v) is 6.55. The molecule has 0 fully saturated rings. The number of carbonyl (C=O) groups excluding carboxylic acids is 1. The summed E-state index contributed by atoms with van der Waals surface area (Å²) < 4.78 is 1.37. The lowest BCUT2D eigenvalue weighted by Crippen LogP contribution is -2.50. The monoisotopic (exact) mass is 295 g/mol. The Labute approximate surface area is 123 Å². The molecule has 8 heteroatoms. The summed E-state index contributed by atoms with van der Waals surface area (Å²) in [6, 6.07) is -0.207. The molecule has 1 aromatic heterocycles. The molecule has 116 valence electrons. The lowest BCUT2D eigenvalue weighted by molar-refractivity contribution is 0.0690. The number of hydrogen-bond acceptors (Lipinski definition) is 4. The molecule has 0 spiro atoms. The number of carboxylic acids is 1. The van der Waals surface area contributed by atoms with Crippen LogP contribution >= 0.6 is 0 Å². The third-order valence-corrected chi connectivity index (χ3v) is 2.74. The Balaban J connectivity index is 2.51. The van der Waals surface area contributed by atoms with E-state index in [9.17, 15) is 9.59 Å². The van der Waals surface area contributed by atoms with Crippen molar-refractivity contribution in [1.82, 2.24) is 25.2 Å². The zero-order chi connectivity index (χ0) is 16.0. The van der Waals surface area contributed by atoms with Crippen molar-refractivity contribution in [2.45, 2.75) is 32.9 Å². The second-order valence-electron chi connectivity index (χ2n) is 5.47. The summed E-state index contributed by atoms with van der Waals surface area (Å²) >= 11 is 0. The molecule has 2 amide bonds. The van der Waals surface area contributed by atoms with Crippen LogP contribution in [0.4, 0.5) is 4.79 Å². The minimum absolute atomic E-state index is 0.121. The zero-order valence-electron chi connectivity index (χ0n) is 12.5. The maximum Gasteiger partial charge on any atom is 0.358 e. The highest BCUT2D eigenvalue weighted by molar-refractivity contribution is 5.84. The van der Waals surface area contributed by atoms with Crippen molar-refractivity contribution in [2.75, 3.05) is 13.1 Å². The number of carboxylic acid groups (broad SMARTS) is 1. The minimum atomic E-state index is -1.13. The average molecular weight is 295 g/mol. The molecule has 0 aliphatic heterocycles. The van der Waals surface area contributed by atoms with Gasteiger partial charge in [-0.3, -0.25) is 0 Å². The first-order valence-electron chi connectivity index (χ1n) is 6.55. The van der Waals surface area contributed by atoms with E-state index >= 15 is 0 Å². The molecule has 0 aliphatic rings. The van der Waals surface area contributed by atoms with Crippen LogP contribution in [-0.4, -0.2) is 55.6 Å². The number of hydrogen-bond donors (Lipinski definition) is 2. The summed E-state index contributed by atoms with van der Waals surface area (Å²) in [6.07, 6.45) is 2.99. The normalized spacial score (nSPS) is 11.0. The van der Waals surface area contributed by atoms with E-state index < -0.39 is 5.97 Å². The first kappa shape index (κ1) is 16.7. The van der Waals surface area contributed by atoms with Crippen molar-refractivity contribution in [1.29, 1.82) is 0 Å². The van der Waals surface area contributed by atoms with Gasteiger partial charge in [-0.2, -0.15) is 0 Å². The highest BCUT2D eigenvalue weighted by Crippen LogP contribution is 2.12. The Morgan fingerprint density at radius 2 is 2.19 bits per heavy atom. The second-order valence-corrected chi connectivity index (χ2v) is 5.47. The molecule has 0 unspecified atom stereocenters. The van der Waals surface area contributed by atoms with Gasteiger partial charge in [0.1, 0.15) is 0 Å². The summed E-state index contributed by atoms with van der Waals surface area (Å²) in [5.41, 5.74) is -0.438. The SMILES string of the molecule is C=CCN(C(=O)NCCn1cc(C(=O)O)nn1)C(C)(C)C. The number of carbonyl (C=O) groups is 2. The minimum Gasteiger partial charge on any atom is -0.476 e. The largest absolute Gasteiger partial charge is 0.476 e. The van der Waals surface area contributed by atoms with Crippen LogP contribution in [0.5, 0.6) is 0 Å². The maximum atomic E-state index is 12.1. The van der Waals surface area contributed by atoms with Crippen molar-refractivity contribution < 1.29 is 14.7 Å². The molecular formula is C13H21N5O3. The van der Waals surface area contributed by atoms with Gasteiger partial charge in [0.25, 0.3) is 0 Å². The van der Waals surface area contributed by atoms with Gasteiger partial charge in [0.15, 0.2) is 5.69 Å². The molecule has 0 atom stereocenters. The molecule has 1 heterocycles. The van der Waals surface area contributed by atoms with Gasteiger partial charge in [-0.1, -0.05) is 11.3 Å². The lowest BCUT2D eigenvalue weighted by Gasteiger charge is -2.34. The van der Waals surface area contributed by atoms with Gasteiger partial charge >= 0.3 is 12.0 Å². The van der Waals surface area contributed by atoms with E-state index in [0.29, 0.717) is 19.6 Å². The summed E-state index contributed by atoms with van der Waals surface area (Å²) in [6.45, 7) is 10.6. The third kappa shape index (κ3) is 4.90. The van der Waals surface area contributed by atoms with Crippen molar-refractivity contribution in [3.8, 4) is 0 Å². The molecule has 1 rings (SSSR count). The molecular weight excluding hydrogens is 274 g/mol. The molecule has 8 nitrogen and oxygen atoms in total.